The first-order valence-corrected chi connectivity index (χ1v) is 8.56. The van der Waals surface area contributed by atoms with Crippen molar-refractivity contribution < 1.29 is 9.53 Å². The maximum Gasteiger partial charge on any atom is 0.263 e. The minimum atomic E-state index is -0.495. The van der Waals surface area contributed by atoms with E-state index >= 15 is 0 Å². The molecule has 0 bridgehead atoms. The Labute approximate surface area is 147 Å². The molecule has 126 valence electrons. The number of ether oxygens (including phenoxy) is 1. The Morgan fingerprint density at radius 2 is 1.84 bits per heavy atom. The van der Waals surface area contributed by atoms with Gasteiger partial charge in [-0.1, -0.05) is 36.4 Å². The number of rotatable bonds is 4. The maximum atomic E-state index is 12.6. The zero-order valence-electron chi connectivity index (χ0n) is 14.1. The third-order valence-corrected chi connectivity index (χ3v) is 4.68. The topological polar surface area (TPSA) is 42.4 Å². The number of carbonyl (C=O) groups is 1. The first kappa shape index (κ1) is 15.6. The van der Waals surface area contributed by atoms with Crippen molar-refractivity contribution in [3.05, 3.63) is 72.6 Å². The van der Waals surface area contributed by atoms with Gasteiger partial charge in [-0.2, -0.15) is 0 Å². The molecule has 25 heavy (non-hydrogen) atoms. The molecular weight excluding hydrogens is 312 g/mol. The first-order chi connectivity index (χ1) is 12.2. The zero-order chi connectivity index (χ0) is 17.2. The van der Waals surface area contributed by atoms with E-state index in [2.05, 4.69) is 11.1 Å². The summed E-state index contributed by atoms with van der Waals surface area (Å²) in [4.78, 5) is 18.8. The summed E-state index contributed by atoms with van der Waals surface area (Å²) < 4.78 is 5.88. The summed E-state index contributed by atoms with van der Waals surface area (Å²) in [6, 6.07) is 19.9. The van der Waals surface area contributed by atoms with Crippen molar-refractivity contribution in [3.8, 4) is 5.75 Å². The van der Waals surface area contributed by atoms with Gasteiger partial charge in [0.2, 0.25) is 0 Å². The van der Waals surface area contributed by atoms with E-state index in [9.17, 15) is 4.79 Å². The molecule has 0 spiro atoms. The molecule has 2 heterocycles. The lowest BCUT2D eigenvalue weighted by Gasteiger charge is -2.40. The van der Waals surface area contributed by atoms with Crippen LogP contribution in [-0.2, 0) is 4.79 Å². The molecule has 2 aromatic carbocycles. The van der Waals surface area contributed by atoms with Crippen molar-refractivity contribution >= 4 is 16.7 Å². The minimum Gasteiger partial charge on any atom is -0.481 e. The van der Waals surface area contributed by atoms with Crippen LogP contribution < -0.4 is 4.74 Å². The number of likely N-dealkylation sites (tertiary alicyclic amines) is 1. The third kappa shape index (κ3) is 3.20. The van der Waals surface area contributed by atoms with Crippen LogP contribution in [-0.4, -0.2) is 35.0 Å². The van der Waals surface area contributed by atoms with Gasteiger partial charge in [0, 0.05) is 30.9 Å². The Bertz CT molecular complexity index is 889. The molecule has 4 rings (SSSR count). The molecule has 0 radical (unpaired) electrons. The van der Waals surface area contributed by atoms with Crippen LogP contribution in [0.4, 0.5) is 0 Å². The van der Waals surface area contributed by atoms with Gasteiger partial charge in [0.1, 0.15) is 5.75 Å². The molecule has 4 nitrogen and oxygen atoms in total. The van der Waals surface area contributed by atoms with E-state index in [1.54, 1.807) is 6.20 Å². The number of amides is 1. The van der Waals surface area contributed by atoms with E-state index in [1.165, 1.54) is 0 Å². The van der Waals surface area contributed by atoms with Crippen molar-refractivity contribution in [2.45, 2.75) is 18.9 Å². The number of hydrogen-bond acceptors (Lipinski definition) is 3. The van der Waals surface area contributed by atoms with E-state index in [-0.39, 0.29) is 5.91 Å². The molecule has 0 N–H and O–H groups in total. The maximum absolute atomic E-state index is 12.6. The van der Waals surface area contributed by atoms with E-state index in [4.69, 9.17) is 4.74 Å². The van der Waals surface area contributed by atoms with Gasteiger partial charge < -0.3 is 9.64 Å². The predicted octanol–water partition coefficient (Wildman–Crippen LogP) is 3.63. The van der Waals surface area contributed by atoms with Crippen LogP contribution in [0.3, 0.4) is 0 Å². The fourth-order valence-electron chi connectivity index (χ4n) is 3.22. The largest absolute Gasteiger partial charge is 0.481 e. The van der Waals surface area contributed by atoms with Crippen molar-refractivity contribution in [2.75, 3.05) is 13.1 Å². The Morgan fingerprint density at radius 1 is 1.08 bits per heavy atom. The third-order valence-electron chi connectivity index (χ3n) is 4.68. The van der Waals surface area contributed by atoms with Crippen LogP contribution in [0.2, 0.25) is 0 Å². The lowest BCUT2D eigenvalue weighted by molar-refractivity contribution is -0.142. The molecular formula is C21H20N2O2. The summed E-state index contributed by atoms with van der Waals surface area (Å²) in [6.07, 6.45) is 1.30. The quantitative estimate of drug-likeness (QED) is 0.733. The van der Waals surface area contributed by atoms with Crippen LogP contribution in [0.1, 0.15) is 18.5 Å². The Kier molecular flexibility index (Phi) is 4.10. The van der Waals surface area contributed by atoms with Crippen molar-refractivity contribution in [1.82, 2.24) is 9.88 Å². The number of aromatic nitrogens is 1. The number of carbonyl (C=O) groups excluding carboxylic acids is 1. The lowest BCUT2D eigenvalue weighted by atomic mass is 9.95. The van der Waals surface area contributed by atoms with E-state index in [0.29, 0.717) is 19.0 Å². The summed E-state index contributed by atoms with van der Waals surface area (Å²) in [5.41, 5.74) is 1.05. The normalized spacial score (nSPS) is 15.6. The van der Waals surface area contributed by atoms with Crippen molar-refractivity contribution in [2.24, 2.45) is 0 Å². The fourth-order valence-corrected chi connectivity index (χ4v) is 3.22. The summed E-state index contributed by atoms with van der Waals surface area (Å²) in [7, 11) is 0. The van der Waals surface area contributed by atoms with Gasteiger partial charge >= 0.3 is 0 Å². The number of pyridine rings is 1. The standard InChI is InChI=1S/C21H20N2O2/c1-15(25-19-10-9-16-6-2-3-7-17(16)12-19)21(24)23-13-18(14-23)20-8-4-5-11-22-20/h2-12,15,18H,13-14H2,1H3/t15-/m0/s1. The molecule has 1 fully saturated rings. The van der Waals surface area contributed by atoms with E-state index in [1.807, 2.05) is 66.4 Å². The number of hydrogen-bond donors (Lipinski definition) is 0. The van der Waals surface area contributed by atoms with Gasteiger partial charge in [-0.05, 0) is 42.0 Å². The molecule has 1 atom stereocenters. The van der Waals surface area contributed by atoms with E-state index < -0.39 is 6.10 Å². The van der Waals surface area contributed by atoms with Crippen molar-refractivity contribution in [1.29, 1.82) is 0 Å². The van der Waals surface area contributed by atoms with Crippen LogP contribution in [0.25, 0.3) is 10.8 Å². The van der Waals surface area contributed by atoms with E-state index in [0.717, 1.165) is 22.2 Å². The van der Waals surface area contributed by atoms with Crippen molar-refractivity contribution in [3.63, 3.8) is 0 Å². The van der Waals surface area contributed by atoms with Crippen LogP contribution in [0.5, 0.6) is 5.75 Å². The molecule has 1 aromatic heterocycles. The predicted molar refractivity (Wildman–Crippen MR) is 97.6 cm³/mol. The van der Waals surface area contributed by atoms with Gasteiger partial charge in [-0.3, -0.25) is 9.78 Å². The number of benzene rings is 2. The average molecular weight is 332 g/mol. The highest BCUT2D eigenvalue weighted by Crippen LogP contribution is 2.27. The Balaban J connectivity index is 1.38. The molecule has 1 amide bonds. The molecule has 0 unspecified atom stereocenters. The van der Waals surface area contributed by atoms with Crippen LogP contribution in [0.15, 0.2) is 66.9 Å². The lowest BCUT2D eigenvalue weighted by Crippen LogP contribution is -2.52. The van der Waals surface area contributed by atoms with Gasteiger partial charge in [-0.15, -0.1) is 0 Å². The highest BCUT2D eigenvalue weighted by Gasteiger charge is 2.35. The molecule has 0 aliphatic carbocycles. The minimum absolute atomic E-state index is 0.0281. The molecule has 4 heteroatoms. The molecule has 1 aliphatic heterocycles. The summed E-state index contributed by atoms with van der Waals surface area (Å²) in [5.74, 6) is 1.08. The monoisotopic (exact) mass is 332 g/mol. The Hall–Kier alpha value is -2.88. The smallest absolute Gasteiger partial charge is 0.263 e. The second-order valence-electron chi connectivity index (χ2n) is 6.46. The highest BCUT2D eigenvalue weighted by molar-refractivity contribution is 5.84. The van der Waals surface area contributed by atoms with Gasteiger partial charge in [0.05, 0.1) is 0 Å². The van der Waals surface area contributed by atoms with Gasteiger partial charge in [0.15, 0.2) is 6.10 Å². The SMILES string of the molecule is C[C@H](Oc1ccc2ccccc2c1)C(=O)N1CC(c2ccccn2)C1. The summed E-state index contributed by atoms with van der Waals surface area (Å²) in [6.45, 7) is 3.23. The molecule has 0 saturated carbocycles. The first-order valence-electron chi connectivity index (χ1n) is 8.56. The molecule has 1 aliphatic rings. The van der Waals surface area contributed by atoms with Crippen LogP contribution >= 0.6 is 0 Å². The summed E-state index contributed by atoms with van der Waals surface area (Å²) >= 11 is 0. The van der Waals surface area contributed by atoms with Gasteiger partial charge in [0.25, 0.3) is 5.91 Å². The molecule has 3 aromatic rings. The van der Waals surface area contributed by atoms with Crippen LogP contribution in [0, 0.1) is 0 Å². The zero-order valence-corrected chi connectivity index (χ0v) is 14.1. The summed E-state index contributed by atoms with van der Waals surface area (Å²) in [5, 5.41) is 2.27. The van der Waals surface area contributed by atoms with Gasteiger partial charge in [-0.25, -0.2) is 0 Å². The average Bonchev–Trinajstić information content (AvgIpc) is 2.61. The molecule has 1 saturated heterocycles. The highest BCUT2D eigenvalue weighted by atomic mass is 16.5. The number of fused-ring (bicyclic) bond motifs is 1. The fraction of sp³-hybridized carbons (Fsp3) is 0.238. The number of nitrogens with zero attached hydrogens (tertiary/aromatic N) is 2. The Morgan fingerprint density at radius 3 is 2.60 bits per heavy atom. The second-order valence-corrected chi connectivity index (χ2v) is 6.46. The second kappa shape index (κ2) is 6.55.